The van der Waals surface area contributed by atoms with Crippen LogP contribution in [-0.2, 0) is 0 Å². The summed E-state index contributed by atoms with van der Waals surface area (Å²) in [6.45, 7) is 0. The molecule has 0 fully saturated rings. The average Bonchev–Trinajstić information content (AvgIpc) is 2.96. The van der Waals surface area contributed by atoms with Crippen LogP contribution in [0, 0.1) is 0 Å². The second-order valence-electron chi connectivity index (χ2n) is 6.36. The molecule has 0 spiro atoms. The Morgan fingerprint density at radius 1 is 0.583 bits per heavy atom. The van der Waals surface area contributed by atoms with E-state index in [0.717, 1.165) is 10.1 Å². The Kier molecular flexibility index (Phi) is 2.18. The summed E-state index contributed by atoms with van der Waals surface area (Å²) in [4.78, 5) is 0. The van der Waals surface area contributed by atoms with E-state index < -0.39 is 0 Å². The highest BCUT2D eigenvalue weighted by Crippen LogP contribution is 2.48. The van der Waals surface area contributed by atoms with Crippen LogP contribution in [0.4, 0.5) is 0 Å². The quantitative estimate of drug-likeness (QED) is 0.310. The third-order valence-corrected chi connectivity index (χ3v) is 6.14. The molecule has 1 aromatic heterocycles. The molecule has 0 saturated carbocycles. The molecule has 0 aliphatic rings. The van der Waals surface area contributed by atoms with Gasteiger partial charge in [-0.25, -0.2) is 0 Å². The van der Waals surface area contributed by atoms with Crippen molar-refractivity contribution < 1.29 is 5.11 Å². The second kappa shape index (κ2) is 4.16. The van der Waals surface area contributed by atoms with Gasteiger partial charge in [0.25, 0.3) is 0 Å². The number of fused-ring (bicyclic) bond motifs is 5. The first-order chi connectivity index (χ1) is 11.8. The van der Waals surface area contributed by atoms with Crippen molar-refractivity contribution in [3.05, 3.63) is 66.7 Å². The second-order valence-corrected chi connectivity index (χ2v) is 7.44. The van der Waals surface area contributed by atoms with Gasteiger partial charge in [0.15, 0.2) is 0 Å². The molecular formula is C22H12OS. The summed E-state index contributed by atoms with van der Waals surface area (Å²) in [5.41, 5.74) is 0. The lowest BCUT2D eigenvalue weighted by Crippen LogP contribution is -1.84. The molecule has 0 radical (unpaired) electrons. The van der Waals surface area contributed by atoms with Gasteiger partial charge in [-0.05, 0) is 50.5 Å². The average molecular weight is 324 g/mol. The number of thiophene rings is 1. The van der Waals surface area contributed by atoms with Crippen LogP contribution in [0.1, 0.15) is 0 Å². The maximum atomic E-state index is 10.2. The highest BCUT2D eigenvalue weighted by molar-refractivity contribution is 7.26. The van der Waals surface area contributed by atoms with E-state index in [2.05, 4.69) is 54.6 Å². The minimum absolute atomic E-state index is 0.340. The van der Waals surface area contributed by atoms with E-state index >= 15 is 0 Å². The van der Waals surface area contributed by atoms with Crippen LogP contribution < -0.4 is 0 Å². The maximum Gasteiger partial charge on any atom is 0.117 e. The lowest BCUT2D eigenvalue weighted by Gasteiger charge is -2.12. The number of hydrogen-bond donors (Lipinski definition) is 1. The summed E-state index contributed by atoms with van der Waals surface area (Å²) in [5.74, 6) is 0.340. The van der Waals surface area contributed by atoms with Crippen molar-refractivity contribution in [2.75, 3.05) is 0 Å². The molecule has 0 bridgehead atoms. The molecule has 5 aromatic carbocycles. The van der Waals surface area contributed by atoms with Gasteiger partial charge in [-0.15, -0.1) is 11.3 Å². The Morgan fingerprint density at radius 3 is 2.17 bits per heavy atom. The van der Waals surface area contributed by atoms with Gasteiger partial charge in [0.1, 0.15) is 5.75 Å². The van der Waals surface area contributed by atoms with Crippen LogP contribution in [0.15, 0.2) is 66.7 Å². The summed E-state index contributed by atoms with van der Waals surface area (Å²) < 4.78 is 2.45. The van der Waals surface area contributed by atoms with E-state index in [1.54, 1.807) is 11.3 Å². The molecule has 0 atom stereocenters. The van der Waals surface area contributed by atoms with Crippen molar-refractivity contribution >= 4 is 63.8 Å². The molecule has 24 heavy (non-hydrogen) atoms. The first kappa shape index (κ1) is 12.6. The molecular weight excluding hydrogens is 312 g/mol. The molecule has 112 valence electrons. The smallest absolute Gasteiger partial charge is 0.117 e. The summed E-state index contributed by atoms with van der Waals surface area (Å²) in [5, 5.41) is 20.4. The summed E-state index contributed by atoms with van der Waals surface area (Å²) in [6, 6.07) is 23.2. The lowest BCUT2D eigenvalue weighted by atomic mass is 9.91. The van der Waals surface area contributed by atoms with Gasteiger partial charge in [0.2, 0.25) is 0 Å². The number of hydrogen-bond acceptors (Lipinski definition) is 2. The predicted octanol–water partition coefficient (Wildman–Crippen LogP) is 6.66. The minimum atomic E-state index is 0.340. The van der Waals surface area contributed by atoms with E-state index in [0.29, 0.717) is 5.75 Å². The fraction of sp³-hybridized carbons (Fsp3) is 0. The molecule has 2 heteroatoms. The molecule has 0 aliphatic heterocycles. The zero-order valence-electron chi connectivity index (χ0n) is 12.7. The van der Waals surface area contributed by atoms with Crippen molar-refractivity contribution in [1.82, 2.24) is 0 Å². The Morgan fingerprint density at radius 2 is 1.29 bits per heavy atom. The van der Waals surface area contributed by atoms with Gasteiger partial charge in [0, 0.05) is 20.2 Å². The minimum Gasteiger partial charge on any atom is -0.508 e. The zero-order chi connectivity index (χ0) is 15.8. The Labute approximate surface area is 141 Å². The number of benzene rings is 5. The number of rotatable bonds is 0. The van der Waals surface area contributed by atoms with E-state index in [1.165, 1.54) is 42.4 Å². The van der Waals surface area contributed by atoms with Crippen LogP contribution in [0.5, 0.6) is 5.75 Å². The highest BCUT2D eigenvalue weighted by Gasteiger charge is 2.18. The lowest BCUT2D eigenvalue weighted by molar-refractivity contribution is 0.477. The SMILES string of the molecule is Oc1cc2sc3cc4ccccc4c4c5ccccc5c(c1)c2c34. The van der Waals surface area contributed by atoms with Gasteiger partial charge < -0.3 is 5.11 Å². The first-order valence-corrected chi connectivity index (χ1v) is 8.84. The van der Waals surface area contributed by atoms with Crippen molar-refractivity contribution in [2.24, 2.45) is 0 Å². The molecule has 1 nitrogen and oxygen atoms in total. The molecule has 1 N–H and O–H groups in total. The summed E-state index contributed by atoms with van der Waals surface area (Å²) in [7, 11) is 0. The Hall–Kier alpha value is -2.84. The normalized spacial score (nSPS) is 12.3. The monoisotopic (exact) mass is 324 g/mol. The van der Waals surface area contributed by atoms with Crippen LogP contribution >= 0.6 is 11.3 Å². The summed E-state index contributed by atoms with van der Waals surface area (Å²) >= 11 is 1.77. The third-order valence-electron chi connectivity index (χ3n) is 5.06. The van der Waals surface area contributed by atoms with Gasteiger partial charge in [0.05, 0.1) is 0 Å². The number of phenolic OH excluding ortho intramolecular Hbond substituents is 1. The molecule has 1 heterocycles. The van der Waals surface area contributed by atoms with E-state index in [9.17, 15) is 5.11 Å². The standard InChI is InChI=1S/C22H12OS/c23-13-10-17-15-7-3-4-8-16(15)20-14-6-2-1-5-12(14)9-18-22(20)21(17)19(11-13)24-18/h1-11,23H. The van der Waals surface area contributed by atoms with Gasteiger partial charge in [-0.1, -0.05) is 48.5 Å². The fourth-order valence-corrected chi connectivity index (χ4v) is 5.36. The zero-order valence-corrected chi connectivity index (χ0v) is 13.5. The van der Waals surface area contributed by atoms with Crippen molar-refractivity contribution in [3.8, 4) is 5.75 Å². The largest absolute Gasteiger partial charge is 0.508 e. The number of aromatic hydroxyl groups is 1. The van der Waals surface area contributed by atoms with Crippen LogP contribution in [0.2, 0.25) is 0 Å². The van der Waals surface area contributed by atoms with Gasteiger partial charge in [-0.3, -0.25) is 0 Å². The van der Waals surface area contributed by atoms with Crippen LogP contribution in [-0.4, -0.2) is 5.11 Å². The van der Waals surface area contributed by atoms with Crippen molar-refractivity contribution in [2.45, 2.75) is 0 Å². The molecule has 6 aromatic rings. The third kappa shape index (κ3) is 1.40. The highest BCUT2D eigenvalue weighted by atomic mass is 32.1. The van der Waals surface area contributed by atoms with Crippen LogP contribution in [0.3, 0.4) is 0 Å². The van der Waals surface area contributed by atoms with E-state index in [4.69, 9.17) is 0 Å². The van der Waals surface area contributed by atoms with E-state index in [1.807, 2.05) is 12.1 Å². The number of phenols is 1. The first-order valence-electron chi connectivity index (χ1n) is 8.02. The predicted molar refractivity (Wildman–Crippen MR) is 105 cm³/mol. The molecule has 0 aliphatic carbocycles. The molecule has 0 amide bonds. The Bertz CT molecular complexity index is 1410. The van der Waals surface area contributed by atoms with Crippen molar-refractivity contribution in [3.63, 3.8) is 0 Å². The Balaban J connectivity index is 2.13. The summed E-state index contributed by atoms with van der Waals surface area (Å²) in [6.07, 6.45) is 0. The molecule has 0 unspecified atom stereocenters. The molecule has 0 saturated heterocycles. The van der Waals surface area contributed by atoms with Gasteiger partial charge in [-0.2, -0.15) is 0 Å². The fourth-order valence-electron chi connectivity index (χ4n) is 4.14. The van der Waals surface area contributed by atoms with Crippen molar-refractivity contribution in [1.29, 1.82) is 0 Å². The van der Waals surface area contributed by atoms with Crippen LogP contribution in [0.25, 0.3) is 52.5 Å². The van der Waals surface area contributed by atoms with Gasteiger partial charge >= 0.3 is 0 Å². The topological polar surface area (TPSA) is 20.2 Å². The maximum absolute atomic E-state index is 10.2. The molecule has 6 rings (SSSR count). The van der Waals surface area contributed by atoms with E-state index in [-0.39, 0.29) is 0 Å².